The molecule has 3 rings (SSSR count). The Morgan fingerprint density at radius 1 is 1.12 bits per heavy atom. The normalized spacial score (nSPS) is 14.4. The number of anilines is 2. The van der Waals surface area contributed by atoms with E-state index >= 15 is 0 Å². The lowest BCUT2D eigenvalue weighted by Gasteiger charge is -2.32. The number of hydrogen-bond donors (Lipinski definition) is 1. The van der Waals surface area contributed by atoms with Crippen molar-refractivity contribution in [3.63, 3.8) is 0 Å². The first-order chi connectivity index (χ1) is 12.2. The first-order valence-electron chi connectivity index (χ1n) is 8.82. The fraction of sp³-hybridized carbons (Fsp3) is 0.421. The van der Waals surface area contributed by atoms with Crippen molar-refractivity contribution < 1.29 is 4.79 Å². The lowest BCUT2D eigenvalue weighted by Crippen LogP contribution is -2.46. The van der Waals surface area contributed by atoms with Crippen LogP contribution < -0.4 is 10.2 Å². The number of carbonyl (C=O) groups excluding carboxylic acids is 1. The zero-order valence-corrected chi connectivity index (χ0v) is 14.7. The number of aryl methyl sites for hydroxylation is 2. The first-order valence-corrected chi connectivity index (χ1v) is 8.82. The molecule has 1 aromatic heterocycles. The maximum Gasteiger partial charge on any atom is 0.227 e. The van der Waals surface area contributed by atoms with E-state index in [9.17, 15) is 4.79 Å². The molecule has 1 amide bonds. The Balaban J connectivity index is 1.53. The van der Waals surface area contributed by atoms with Crippen LogP contribution >= 0.6 is 0 Å². The molecule has 1 fully saturated rings. The van der Waals surface area contributed by atoms with Gasteiger partial charge in [-0.2, -0.15) is 4.98 Å². The Labute approximate surface area is 148 Å². The smallest absolute Gasteiger partial charge is 0.227 e. The van der Waals surface area contributed by atoms with Crippen molar-refractivity contribution in [3.8, 4) is 0 Å². The molecule has 2 aromatic rings. The summed E-state index contributed by atoms with van der Waals surface area (Å²) in [5, 5.41) is 3.41. The fourth-order valence-electron chi connectivity index (χ4n) is 2.97. The molecule has 6 nitrogen and oxygen atoms in total. The van der Waals surface area contributed by atoms with Crippen molar-refractivity contribution in [2.24, 2.45) is 0 Å². The molecule has 25 heavy (non-hydrogen) atoms. The lowest BCUT2D eigenvalue weighted by atomic mass is 10.1. The average molecular weight is 339 g/mol. The van der Waals surface area contributed by atoms with E-state index in [1.807, 2.05) is 19.1 Å². The van der Waals surface area contributed by atoms with Gasteiger partial charge in [-0.15, -0.1) is 0 Å². The van der Waals surface area contributed by atoms with Crippen LogP contribution in [0, 0.1) is 6.92 Å². The number of piperazine rings is 1. The summed E-state index contributed by atoms with van der Waals surface area (Å²) in [7, 11) is 0. The highest BCUT2D eigenvalue weighted by Gasteiger charge is 2.18. The molecule has 132 valence electrons. The quantitative estimate of drug-likeness (QED) is 0.618. The van der Waals surface area contributed by atoms with E-state index in [4.69, 9.17) is 0 Å². The molecule has 0 radical (unpaired) electrons. The van der Waals surface area contributed by atoms with Crippen molar-refractivity contribution in [3.05, 3.63) is 47.7 Å². The van der Waals surface area contributed by atoms with E-state index < -0.39 is 0 Å². The van der Waals surface area contributed by atoms with Crippen molar-refractivity contribution in [2.75, 3.05) is 42.9 Å². The third-order valence-corrected chi connectivity index (χ3v) is 4.38. The van der Waals surface area contributed by atoms with E-state index in [-0.39, 0.29) is 0 Å². The molecule has 6 heteroatoms. The second-order valence-electron chi connectivity index (χ2n) is 6.34. The summed E-state index contributed by atoms with van der Waals surface area (Å²) >= 11 is 0. The van der Waals surface area contributed by atoms with Gasteiger partial charge in [0.1, 0.15) is 5.82 Å². The van der Waals surface area contributed by atoms with E-state index in [0.717, 1.165) is 69.4 Å². The van der Waals surface area contributed by atoms with Gasteiger partial charge in [-0.05, 0) is 25.3 Å². The highest BCUT2D eigenvalue weighted by atomic mass is 16.1. The summed E-state index contributed by atoms with van der Waals surface area (Å²) in [4.78, 5) is 24.0. The lowest BCUT2D eigenvalue weighted by molar-refractivity contribution is -0.118. The number of aromatic nitrogens is 2. The van der Waals surface area contributed by atoms with Gasteiger partial charge in [0.25, 0.3) is 0 Å². The third kappa shape index (κ3) is 4.92. The molecule has 0 atom stereocenters. The molecule has 0 unspecified atom stereocenters. The van der Waals surface area contributed by atoms with Gasteiger partial charge in [0.05, 0.1) is 0 Å². The van der Waals surface area contributed by atoms with Gasteiger partial charge in [-0.1, -0.05) is 30.3 Å². The number of nitrogens with zero attached hydrogens (tertiary/aromatic N) is 4. The maximum absolute atomic E-state index is 10.8. The van der Waals surface area contributed by atoms with Crippen LogP contribution in [0.2, 0.25) is 0 Å². The molecule has 0 spiro atoms. The molecular formula is C19H25N5O. The van der Waals surface area contributed by atoms with Crippen LogP contribution in [0.3, 0.4) is 0 Å². The Hall–Kier alpha value is -2.63. The summed E-state index contributed by atoms with van der Waals surface area (Å²) in [6.45, 7) is 5.86. The minimum atomic E-state index is 0.723. The Kier molecular flexibility index (Phi) is 5.82. The topological polar surface area (TPSA) is 61.4 Å². The van der Waals surface area contributed by atoms with Crippen LogP contribution in [0.4, 0.5) is 11.8 Å². The number of hydrogen-bond acceptors (Lipinski definition) is 5. The number of amides is 1. The molecule has 0 bridgehead atoms. The molecule has 0 aliphatic carbocycles. The molecule has 1 aliphatic heterocycles. The Morgan fingerprint density at radius 3 is 2.60 bits per heavy atom. The summed E-state index contributed by atoms with van der Waals surface area (Å²) in [5.41, 5.74) is 2.31. The SMILES string of the molecule is Cc1cc(NCCCc2ccccc2)nc(N2CCN(C=O)CC2)n1. The summed E-state index contributed by atoms with van der Waals surface area (Å²) in [6, 6.07) is 12.5. The van der Waals surface area contributed by atoms with Crippen LogP contribution in [0.25, 0.3) is 0 Å². The standard InChI is InChI=1S/C19H25N5O/c1-16-14-18(20-9-5-8-17-6-3-2-4-7-17)22-19(21-16)24-12-10-23(15-25)11-13-24/h2-4,6-7,14-15H,5,8-13H2,1H3,(H,20,21,22). The van der Waals surface area contributed by atoms with E-state index in [1.165, 1.54) is 5.56 Å². The number of rotatable bonds is 7. The predicted molar refractivity (Wildman–Crippen MR) is 99.9 cm³/mol. The van der Waals surface area contributed by atoms with Crippen LogP contribution in [-0.2, 0) is 11.2 Å². The molecule has 1 aliphatic rings. The summed E-state index contributed by atoms with van der Waals surface area (Å²) < 4.78 is 0. The highest BCUT2D eigenvalue weighted by molar-refractivity contribution is 5.49. The summed E-state index contributed by atoms with van der Waals surface area (Å²) in [6.07, 6.45) is 3.02. The van der Waals surface area contributed by atoms with Crippen LogP contribution in [-0.4, -0.2) is 54.0 Å². The zero-order chi connectivity index (χ0) is 17.5. The van der Waals surface area contributed by atoms with E-state index in [1.54, 1.807) is 4.90 Å². The van der Waals surface area contributed by atoms with Gasteiger partial charge in [-0.25, -0.2) is 4.98 Å². The van der Waals surface area contributed by atoms with Crippen molar-refractivity contribution in [1.82, 2.24) is 14.9 Å². The van der Waals surface area contributed by atoms with Crippen molar-refractivity contribution in [1.29, 1.82) is 0 Å². The number of nitrogens with one attached hydrogen (secondary N) is 1. The Morgan fingerprint density at radius 2 is 1.88 bits per heavy atom. The monoisotopic (exact) mass is 339 g/mol. The number of carbonyl (C=O) groups is 1. The van der Waals surface area contributed by atoms with Crippen molar-refractivity contribution >= 4 is 18.2 Å². The van der Waals surface area contributed by atoms with Crippen LogP contribution in [0.5, 0.6) is 0 Å². The fourth-order valence-corrected chi connectivity index (χ4v) is 2.97. The Bertz CT molecular complexity index is 683. The van der Waals surface area contributed by atoms with Gasteiger partial charge in [0.15, 0.2) is 0 Å². The van der Waals surface area contributed by atoms with Gasteiger partial charge in [0.2, 0.25) is 12.4 Å². The van der Waals surface area contributed by atoms with Gasteiger partial charge in [0, 0.05) is 44.5 Å². The van der Waals surface area contributed by atoms with E-state index in [2.05, 4.69) is 44.5 Å². The van der Waals surface area contributed by atoms with Gasteiger partial charge in [-0.3, -0.25) is 4.79 Å². The predicted octanol–water partition coefficient (Wildman–Crippen LogP) is 2.11. The second-order valence-corrected chi connectivity index (χ2v) is 6.34. The molecule has 2 heterocycles. The highest BCUT2D eigenvalue weighted by Crippen LogP contribution is 2.15. The third-order valence-electron chi connectivity index (χ3n) is 4.38. The van der Waals surface area contributed by atoms with Crippen LogP contribution in [0.15, 0.2) is 36.4 Å². The van der Waals surface area contributed by atoms with Crippen molar-refractivity contribution in [2.45, 2.75) is 19.8 Å². The first kappa shape index (κ1) is 17.2. The molecule has 1 N–H and O–H groups in total. The molecular weight excluding hydrogens is 314 g/mol. The summed E-state index contributed by atoms with van der Waals surface area (Å²) in [5.74, 6) is 1.62. The second kappa shape index (κ2) is 8.46. The van der Waals surface area contributed by atoms with E-state index in [0.29, 0.717) is 0 Å². The molecule has 0 saturated carbocycles. The average Bonchev–Trinajstić information content (AvgIpc) is 2.66. The zero-order valence-electron chi connectivity index (χ0n) is 14.7. The molecule has 1 saturated heterocycles. The molecule has 1 aromatic carbocycles. The van der Waals surface area contributed by atoms with Gasteiger partial charge < -0.3 is 15.1 Å². The van der Waals surface area contributed by atoms with Gasteiger partial charge >= 0.3 is 0 Å². The minimum Gasteiger partial charge on any atom is -0.370 e. The van der Waals surface area contributed by atoms with Crippen LogP contribution in [0.1, 0.15) is 17.7 Å². The minimum absolute atomic E-state index is 0.723. The number of benzene rings is 1. The maximum atomic E-state index is 10.8. The largest absolute Gasteiger partial charge is 0.370 e.